The third-order valence-corrected chi connectivity index (χ3v) is 5.55. The van der Waals surface area contributed by atoms with E-state index in [1.165, 1.54) is 22.3 Å². The summed E-state index contributed by atoms with van der Waals surface area (Å²) in [6.45, 7) is 3.99. The van der Waals surface area contributed by atoms with Crippen LogP contribution in [0.1, 0.15) is 56.1 Å². The van der Waals surface area contributed by atoms with Gasteiger partial charge in [0.15, 0.2) is 0 Å². The summed E-state index contributed by atoms with van der Waals surface area (Å²) < 4.78 is 16.1. The third-order valence-electron chi connectivity index (χ3n) is 5.55. The van der Waals surface area contributed by atoms with Gasteiger partial charge in [-0.05, 0) is 35.1 Å². The molecule has 0 heterocycles. The van der Waals surface area contributed by atoms with Crippen molar-refractivity contribution in [2.45, 2.75) is 44.9 Å². The van der Waals surface area contributed by atoms with Gasteiger partial charge in [-0.3, -0.25) is 4.79 Å². The number of ether oxygens (including phenoxy) is 3. The van der Waals surface area contributed by atoms with Gasteiger partial charge in [0.1, 0.15) is 13.2 Å². The van der Waals surface area contributed by atoms with Crippen LogP contribution >= 0.6 is 0 Å². The lowest BCUT2D eigenvalue weighted by Gasteiger charge is -2.14. The molecule has 32 heavy (non-hydrogen) atoms. The zero-order valence-corrected chi connectivity index (χ0v) is 18.8. The lowest BCUT2D eigenvalue weighted by Crippen LogP contribution is -2.27. The van der Waals surface area contributed by atoms with Crippen LogP contribution in [0.5, 0.6) is 0 Å². The number of hydrogen-bond acceptors (Lipinski definition) is 5. The molecule has 2 aromatic carbocycles. The minimum absolute atomic E-state index is 0.0566. The maximum absolute atomic E-state index is 12.1. The van der Waals surface area contributed by atoms with E-state index in [-0.39, 0.29) is 18.5 Å². The fraction of sp³-hybridized carbons (Fsp3) is 0.462. The van der Waals surface area contributed by atoms with Crippen molar-refractivity contribution in [2.24, 2.45) is 0 Å². The van der Waals surface area contributed by atoms with Gasteiger partial charge >= 0.3 is 12.1 Å². The molecule has 1 aliphatic carbocycles. The highest BCUT2D eigenvalue weighted by atomic mass is 16.6. The molecule has 0 fully saturated rings. The van der Waals surface area contributed by atoms with Crippen LogP contribution in [0.25, 0.3) is 11.1 Å². The van der Waals surface area contributed by atoms with Crippen LogP contribution in [-0.2, 0) is 19.0 Å². The summed E-state index contributed by atoms with van der Waals surface area (Å²) in [6.07, 6.45) is 3.71. The maximum atomic E-state index is 12.1. The number of carbonyl (C=O) groups is 2. The number of nitrogens with one attached hydrogen (secondary N) is 1. The Kier molecular flexibility index (Phi) is 9.57. The Bertz CT molecular complexity index is 837. The van der Waals surface area contributed by atoms with Gasteiger partial charge in [0.05, 0.1) is 6.61 Å². The number of rotatable bonds is 13. The molecule has 0 spiro atoms. The highest BCUT2D eigenvalue weighted by Crippen LogP contribution is 2.44. The van der Waals surface area contributed by atoms with Crippen LogP contribution < -0.4 is 5.32 Å². The van der Waals surface area contributed by atoms with E-state index in [4.69, 9.17) is 14.2 Å². The fourth-order valence-corrected chi connectivity index (χ4v) is 3.92. The largest absolute Gasteiger partial charge is 0.463 e. The van der Waals surface area contributed by atoms with Gasteiger partial charge in [0, 0.05) is 25.5 Å². The van der Waals surface area contributed by atoms with Crippen molar-refractivity contribution in [1.82, 2.24) is 5.32 Å². The fourth-order valence-electron chi connectivity index (χ4n) is 3.92. The number of unbranched alkanes of at least 4 members (excludes halogenated alkanes) is 2. The Morgan fingerprint density at radius 2 is 1.53 bits per heavy atom. The molecule has 0 atom stereocenters. The van der Waals surface area contributed by atoms with E-state index in [1.54, 1.807) is 0 Å². The number of hydrogen-bond donors (Lipinski definition) is 1. The molecule has 0 radical (unpaired) electrons. The lowest BCUT2D eigenvalue weighted by atomic mass is 9.98. The first kappa shape index (κ1) is 23.8. The van der Waals surface area contributed by atoms with E-state index >= 15 is 0 Å². The molecule has 0 saturated heterocycles. The second kappa shape index (κ2) is 12.9. The Labute approximate surface area is 190 Å². The maximum Gasteiger partial charge on any atom is 0.407 e. The lowest BCUT2D eigenvalue weighted by molar-refractivity contribution is -0.145. The second-order valence-electron chi connectivity index (χ2n) is 7.90. The molecule has 0 aromatic heterocycles. The van der Waals surface area contributed by atoms with Gasteiger partial charge in [-0.15, -0.1) is 0 Å². The molecule has 6 heteroatoms. The molecule has 6 nitrogen and oxygen atoms in total. The summed E-state index contributed by atoms with van der Waals surface area (Å²) in [5.74, 6) is -0.111. The second-order valence-corrected chi connectivity index (χ2v) is 7.90. The highest BCUT2D eigenvalue weighted by Gasteiger charge is 2.28. The molecule has 2 aromatic rings. The normalized spacial score (nSPS) is 12.2. The standard InChI is InChI=1S/C26H33NO5/c1-2-3-4-14-25(28)31-18-17-30-16-9-15-27-26(29)32-19-24-22-12-7-5-10-20(22)21-11-6-8-13-23(21)24/h5-8,10-13,24H,2-4,9,14-19H2,1H3,(H,27,29). The number of esters is 1. The first-order valence-corrected chi connectivity index (χ1v) is 11.5. The van der Waals surface area contributed by atoms with Crippen LogP contribution in [0.2, 0.25) is 0 Å². The Balaban J connectivity index is 1.27. The number of carbonyl (C=O) groups excluding carboxylic acids is 2. The molecule has 1 amide bonds. The zero-order valence-electron chi connectivity index (χ0n) is 18.8. The minimum atomic E-state index is -0.423. The van der Waals surface area contributed by atoms with E-state index in [1.807, 2.05) is 24.3 Å². The van der Waals surface area contributed by atoms with Crippen LogP contribution in [0.15, 0.2) is 48.5 Å². The van der Waals surface area contributed by atoms with Gasteiger partial charge < -0.3 is 19.5 Å². The summed E-state index contributed by atoms with van der Waals surface area (Å²) >= 11 is 0. The van der Waals surface area contributed by atoms with Crippen molar-refractivity contribution in [3.05, 3.63) is 59.7 Å². The molecular weight excluding hydrogens is 406 g/mol. The predicted octanol–water partition coefficient (Wildman–Crippen LogP) is 5.06. The summed E-state index contributed by atoms with van der Waals surface area (Å²) in [5, 5.41) is 2.77. The summed E-state index contributed by atoms with van der Waals surface area (Å²) in [4.78, 5) is 23.6. The highest BCUT2D eigenvalue weighted by molar-refractivity contribution is 5.79. The van der Waals surface area contributed by atoms with Crippen LogP contribution in [0.3, 0.4) is 0 Å². The van der Waals surface area contributed by atoms with Crippen molar-refractivity contribution in [3.63, 3.8) is 0 Å². The Morgan fingerprint density at radius 1 is 0.844 bits per heavy atom. The SMILES string of the molecule is CCCCCC(=O)OCCOCCCNC(=O)OCC1c2ccccc2-c2ccccc21. The van der Waals surface area contributed by atoms with E-state index < -0.39 is 6.09 Å². The first-order chi connectivity index (χ1) is 15.7. The quantitative estimate of drug-likeness (QED) is 0.349. The summed E-state index contributed by atoms with van der Waals surface area (Å²) in [6, 6.07) is 16.5. The van der Waals surface area contributed by atoms with Crippen molar-refractivity contribution in [1.29, 1.82) is 0 Å². The molecule has 1 N–H and O–H groups in total. The molecule has 0 saturated carbocycles. The molecule has 0 bridgehead atoms. The van der Waals surface area contributed by atoms with Gasteiger partial charge in [-0.1, -0.05) is 68.3 Å². The van der Waals surface area contributed by atoms with Crippen molar-refractivity contribution < 1.29 is 23.8 Å². The molecular formula is C26H33NO5. The number of alkyl carbamates (subject to hydrolysis) is 1. The average molecular weight is 440 g/mol. The molecule has 172 valence electrons. The first-order valence-electron chi connectivity index (χ1n) is 11.5. The Morgan fingerprint density at radius 3 is 2.22 bits per heavy atom. The predicted molar refractivity (Wildman–Crippen MR) is 124 cm³/mol. The monoisotopic (exact) mass is 439 g/mol. The average Bonchev–Trinajstić information content (AvgIpc) is 3.13. The Hall–Kier alpha value is -2.86. The minimum Gasteiger partial charge on any atom is -0.463 e. The third kappa shape index (κ3) is 6.82. The van der Waals surface area contributed by atoms with Crippen molar-refractivity contribution in [3.8, 4) is 11.1 Å². The van der Waals surface area contributed by atoms with Gasteiger partial charge in [0.2, 0.25) is 0 Å². The van der Waals surface area contributed by atoms with E-state index in [9.17, 15) is 9.59 Å². The molecule has 0 aliphatic heterocycles. The molecule has 1 aliphatic rings. The van der Waals surface area contributed by atoms with Crippen LogP contribution in [-0.4, -0.2) is 45.0 Å². The van der Waals surface area contributed by atoms with Crippen molar-refractivity contribution in [2.75, 3.05) is 33.0 Å². The molecule has 3 rings (SSSR count). The van der Waals surface area contributed by atoms with E-state index in [2.05, 4.69) is 36.5 Å². The number of benzene rings is 2. The summed E-state index contributed by atoms with van der Waals surface area (Å²) in [7, 11) is 0. The van der Waals surface area contributed by atoms with Crippen LogP contribution in [0.4, 0.5) is 4.79 Å². The van der Waals surface area contributed by atoms with E-state index in [0.717, 1.165) is 19.3 Å². The number of fused-ring (bicyclic) bond motifs is 3. The summed E-state index contributed by atoms with van der Waals surface area (Å²) in [5.41, 5.74) is 4.81. The molecule has 0 unspecified atom stereocenters. The topological polar surface area (TPSA) is 73.9 Å². The van der Waals surface area contributed by atoms with Crippen molar-refractivity contribution >= 4 is 12.1 Å². The van der Waals surface area contributed by atoms with Gasteiger partial charge in [-0.2, -0.15) is 0 Å². The van der Waals surface area contributed by atoms with Gasteiger partial charge in [-0.25, -0.2) is 4.79 Å². The number of amides is 1. The van der Waals surface area contributed by atoms with E-state index in [0.29, 0.717) is 39.2 Å². The van der Waals surface area contributed by atoms with Gasteiger partial charge in [0.25, 0.3) is 0 Å². The zero-order chi connectivity index (χ0) is 22.6. The smallest absolute Gasteiger partial charge is 0.407 e. The van der Waals surface area contributed by atoms with Crippen LogP contribution in [0, 0.1) is 0 Å².